The second-order valence-electron chi connectivity index (χ2n) is 6.80. The van der Waals surface area contributed by atoms with Crippen molar-refractivity contribution >= 4 is 29.4 Å². The lowest BCUT2D eigenvalue weighted by Gasteiger charge is -2.26. The number of nitrogens with zero attached hydrogens (tertiary/aromatic N) is 1. The monoisotopic (exact) mass is 410 g/mol. The quantitative estimate of drug-likeness (QED) is 0.595. The molecule has 30 heavy (non-hydrogen) atoms. The van der Waals surface area contributed by atoms with Gasteiger partial charge in [0.1, 0.15) is 0 Å². The third-order valence-corrected chi connectivity index (χ3v) is 4.94. The van der Waals surface area contributed by atoms with E-state index in [4.69, 9.17) is 14.2 Å². The molecule has 0 radical (unpaired) electrons. The summed E-state index contributed by atoms with van der Waals surface area (Å²) in [5, 5.41) is 2.57. The molecule has 1 atom stereocenters. The molecule has 0 spiro atoms. The van der Waals surface area contributed by atoms with Gasteiger partial charge in [0.05, 0.1) is 36.4 Å². The summed E-state index contributed by atoms with van der Waals surface area (Å²) >= 11 is 0. The minimum Gasteiger partial charge on any atom is -0.469 e. The molecule has 1 unspecified atom stereocenters. The Morgan fingerprint density at radius 1 is 1.13 bits per heavy atom. The molecule has 0 saturated heterocycles. The van der Waals surface area contributed by atoms with Gasteiger partial charge in [0.25, 0.3) is 11.8 Å². The van der Waals surface area contributed by atoms with E-state index >= 15 is 0 Å². The Kier molecular flexibility index (Phi) is 4.86. The predicted octanol–water partition coefficient (Wildman–Crippen LogP) is 2.27. The number of hydrogen-bond acceptors (Lipinski definition) is 7. The summed E-state index contributed by atoms with van der Waals surface area (Å²) in [4.78, 5) is 51.1. The maximum atomic E-state index is 13.3. The van der Waals surface area contributed by atoms with Crippen molar-refractivity contribution in [3.8, 4) is 11.5 Å². The van der Waals surface area contributed by atoms with Crippen molar-refractivity contribution in [2.75, 3.05) is 19.2 Å². The SMILES string of the molecule is COC(=O)CC(c1ccc2c(c1)OCO2)N1C(=O)c2cccc(NC(C)=O)c2C1=O. The highest BCUT2D eigenvalue weighted by Crippen LogP contribution is 2.40. The molecule has 0 fully saturated rings. The Morgan fingerprint density at radius 3 is 2.63 bits per heavy atom. The first-order chi connectivity index (χ1) is 14.4. The molecule has 9 heteroatoms. The van der Waals surface area contributed by atoms with Gasteiger partial charge in [0.15, 0.2) is 11.5 Å². The molecule has 2 heterocycles. The molecule has 154 valence electrons. The van der Waals surface area contributed by atoms with Gasteiger partial charge in [-0.25, -0.2) is 0 Å². The van der Waals surface area contributed by atoms with Crippen LogP contribution >= 0.6 is 0 Å². The molecule has 1 N–H and O–H groups in total. The van der Waals surface area contributed by atoms with Crippen LogP contribution in [0.2, 0.25) is 0 Å². The Labute approximate surface area is 171 Å². The lowest BCUT2D eigenvalue weighted by atomic mass is 10.0. The number of imide groups is 1. The second kappa shape index (κ2) is 7.51. The zero-order chi connectivity index (χ0) is 21.4. The van der Waals surface area contributed by atoms with E-state index in [1.165, 1.54) is 20.1 Å². The van der Waals surface area contributed by atoms with Gasteiger partial charge in [-0.15, -0.1) is 0 Å². The summed E-state index contributed by atoms with van der Waals surface area (Å²) < 4.78 is 15.5. The van der Waals surface area contributed by atoms with Crippen LogP contribution in [0.15, 0.2) is 36.4 Å². The third-order valence-electron chi connectivity index (χ3n) is 4.94. The molecular formula is C21H18N2O7. The van der Waals surface area contributed by atoms with E-state index in [9.17, 15) is 19.2 Å². The molecule has 0 aromatic heterocycles. The minimum absolute atomic E-state index is 0.0630. The molecule has 9 nitrogen and oxygen atoms in total. The zero-order valence-electron chi connectivity index (χ0n) is 16.3. The smallest absolute Gasteiger partial charge is 0.307 e. The molecule has 0 saturated carbocycles. The van der Waals surface area contributed by atoms with Crippen LogP contribution in [-0.2, 0) is 14.3 Å². The zero-order valence-corrected chi connectivity index (χ0v) is 16.3. The van der Waals surface area contributed by atoms with Crippen molar-refractivity contribution in [1.82, 2.24) is 4.90 Å². The van der Waals surface area contributed by atoms with Gasteiger partial charge in [-0.2, -0.15) is 0 Å². The molecule has 0 bridgehead atoms. The van der Waals surface area contributed by atoms with E-state index < -0.39 is 23.8 Å². The summed E-state index contributed by atoms with van der Waals surface area (Å²) in [7, 11) is 1.23. The number of methoxy groups -OCH3 is 1. The Morgan fingerprint density at radius 2 is 1.90 bits per heavy atom. The average Bonchev–Trinajstić information content (AvgIpc) is 3.29. The number of carbonyl (C=O) groups is 4. The van der Waals surface area contributed by atoms with Crippen molar-refractivity contribution in [1.29, 1.82) is 0 Å². The fraction of sp³-hybridized carbons (Fsp3) is 0.238. The number of fused-ring (bicyclic) bond motifs is 2. The number of amides is 3. The number of anilines is 1. The van der Waals surface area contributed by atoms with Gasteiger partial charge in [-0.3, -0.25) is 24.1 Å². The van der Waals surface area contributed by atoms with Gasteiger partial charge >= 0.3 is 5.97 Å². The fourth-order valence-corrected chi connectivity index (χ4v) is 3.60. The van der Waals surface area contributed by atoms with Crippen LogP contribution in [0, 0.1) is 0 Å². The van der Waals surface area contributed by atoms with Crippen LogP contribution < -0.4 is 14.8 Å². The number of benzene rings is 2. The van der Waals surface area contributed by atoms with E-state index in [0.29, 0.717) is 17.1 Å². The minimum atomic E-state index is -0.926. The van der Waals surface area contributed by atoms with Gasteiger partial charge in [-0.05, 0) is 29.8 Å². The highest BCUT2D eigenvalue weighted by molar-refractivity contribution is 6.24. The fourth-order valence-electron chi connectivity index (χ4n) is 3.60. The van der Waals surface area contributed by atoms with Crippen LogP contribution in [0.5, 0.6) is 11.5 Å². The molecule has 2 aromatic rings. The largest absolute Gasteiger partial charge is 0.469 e. The van der Waals surface area contributed by atoms with E-state index in [-0.39, 0.29) is 35.9 Å². The van der Waals surface area contributed by atoms with Crippen molar-refractivity contribution in [2.24, 2.45) is 0 Å². The van der Waals surface area contributed by atoms with E-state index in [2.05, 4.69) is 5.32 Å². The lowest BCUT2D eigenvalue weighted by molar-refractivity contribution is -0.141. The number of carbonyl (C=O) groups excluding carboxylic acids is 4. The highest BCUT2D eigenvalue weighted by atomic mass is 16.7. The number of nitrogens with one attached hydrogen (secondary N) is 1. The first-order valence-corrected chi connectivity index (χ1v) is 9.15. The average molecular weight is 410 g/mol. The summed E-state index contributed by atoms with van der Waals surface area (Å²) in [6.45, 7) is 1.37. The summed E-state index contributed by atoms with van der Waals surface area (Å²) in [5.74, 6) is -1.14. The molecule has 3 amide bonds. The van der Waals surface area contributed by atoms with Gasteiger partial charge < -0.3 is 19.5 Å². The van der Waals surface area contributed by atoms with Crippen LogP contribution in [0.1, 0.15) is 45.7 Å². The number of rotatable bonds is 5. The summed E-state index contributed by atoms with van der Waals surface area (Å²) in [6, 6.07) is 8.66. The Balaban J connectivity index is 1.77. The van der Waals surface area contributed by atoms with Crippen molar-refractivity contribution < 1.29 is 33.4 Å². The third kappa shape index (κ3) is 3.24. The van der Waals surface area contributed by atoms with Crippen LogP contribution in [0.3, 0.4) is 0 Å². The molecule has 4 rings (SSSR count). The molecule has 0 aliphatic carbocycles. The van der Waals surface area contributed by atoms with Gasteiger partial charge in [0.2, 0.25) is 12.7 Å². The van der Waals surface area contributed by atoms with Crippen LogP contribution in [0.4, 0.5) is 5.69 Å². The standard InChI is InChI=1S/C21H18N2O7/c1-11(24)22-14-5-3-4-13-19(14)21(27)23(20(13)26)15(9-18(25)28-2)12-6-7-16-17(8-12)30-10-29-16/h3-8,15H,9-10H2,1-2H3,(H,22,24). The second-order valence-corrected chi connectivity index (χ2v) is 6.80. The topological polar surface area (TPSA) is 111 Å². The van der Waals surface area contributed by atoms with Crippen molar-refractivity contribution in [3.63, 3.8) is 0 Å². The van der Waals surface area contributed by atoms with E-state index in [1.807, 2.05) is 0 Å². The number of hydrogen-bond donors (Lipinski definition) is 1. The highest BCUT2D eigenvalue weighted by Gasteiger charge is 2.43. The van der Waals surface area contributed by atoms with E-state index in [0.717, 1.165) is 4.90 Å². The van der Waals surface area contributed by atoms with Gasteiger partial charge in [-0.1, -0.05) is 12.1 Å². The maximum Gasteiger partial charge on any atom is 0.307 e. The van der Waals surface area contributed by atoms with Crippen molar-refractivity contribution in [2.45, 2.75) is 19.4 Å². The normalized spacial score (nSPS) is 15.1. The molecular weight excluding hydrogens is 392 g/mol. The molecule has 2 aliphatic heterocycles. The van der Waals surface area contributed by atoms with Crippen LogP contribution in [-0.4, -0.2) is 42.5 Å². The number of esters is 1. The first kappa shape index (κ1) is 19.4. The Bertz CT molecular complexity index is 1080. The number of ether oxygens (including phenoxy) is 3. The van der Waals surface area contributed by atoms with Crippen molar-refractivity contribution in [3.05, 3.63) is 53.1 Å². The van der Waals surface area contributed by atoms with Gasteiger partial charge in [0, 0.05) is 6.92 Å². The first-order valence-electron chi connectivity index (χ1n) is 9.15. The van der Waals surface area contributed by atoms with E-state index in [1.54, 1.807) is 30.3 Å². The summed E-state index contributed by atoms with van der Waals surface area (Å²) in [6.07, 6.45) is -0.239. The summed E-state index contributed by atoms with van der Waals surface area (Å²) in [5.41, 5.74) is 0.999. The molecule has 2 aromatic carbocycles. The Hall–Kier alpha value is -3.88. The lowest BCUT2D eigenvalue weighted by Crippen LogP contribution is -2.35. The predicted molar refractivity (Wildman–Crippen MR) is 103 cm³/mol. The maximum absolute atomic E-state index is 13.3. The van der Waals surface area contributed by atoms with Crippen LogP contribution in [0.25, 0.3) is 0 Å². The molecule has 2 aliphatic rings.